The van der Waals surface area contributed by atoms with Crippen molar-refractivity contribution in [2.45, 2.75) is 32.7 Å². The highest BCUT2D eigenvalue weighted by atomic mass is 15.1. The summed E-state index contributed by atoms with van der Waals surface area (Å²) in [6.45, 7) is 7.07. The van der Waals surface area contributed by atoms with Crippen molar-refractivity contribution in [2.24, 2.45) is 5.92 Å². The van der Waals surface area contributed by atoms with Crippen molar-refractivity contribution in [2.75, 3.05) is 26.7 Å². The van der Waals surface area contributed by atoms with Crippen LogP contribution < -0.4 is 5.32 Å². The van der Waals surface area contributed by atoms with Gasteiger partial charge in [-0.05, 0) is 63.0 Å². The zero-order chi connectivity index (χ0) is 12.8. The molecule has 0 amide bonds. The van der Waals surface area contributed by atoms with Crippen LogP contribution in [-0.2, 0) is 13.0 Å². The second-order valence-corrected chi connectivity index (χ2v) is 5.40. The topological polar surface area (TPSA) is 15.3 Å². The van der Waals surface area contributed by atoms with Gasteiger partial charge in [-0.15, -0.1) is 0 Å². The Kier molecular flexibility index (Phi) is 5.21. The Hall–Kier alpha value is -0.860. The molecule has 2 nitrogen and oxygen atoms in total. The summed E-state index contributed by atoms with van der Waals surface area (Å²) in [5.41, 5.74) is 3.03. The van der Waals surface area contributed by atoms with Gasteiger partial charge >= 0.3 is 0 Å². The molecule has 0 aliphatic carbocycles. The van der Waals surface area contributed by atoms with E-state index in [-0.39, 0.29) is 0 Å². The maximum atomic E-state index is 3.30. The maximum Gasteiger partial charge on any atom is 0.0236 e. The number of nitrogens with zero attached hydrogens (tertiary/aromatic N) is 1. The van der Waals surface area contributed by atoms with Crippen LogP contribution in [0.1, 0.15) is 30.9 Å². The number of piperidine rings is 1. The lowest BCUT2D eigenvalue weighted by molar-refractivity contribution is 0.176. The quantitative estimate of drug-likeness (QED) is 0.859. The van der Waals surface area contributed by atoms with E-state index >= 15 is 0 Å². The molecule has 1 fully saturated rings. The molecule has 2 heteroatoms. The van der Waals surface area contributed by atoms with Gasteiger partial charge in [-0.1, -0.05) is 31.2 Å². The molecule has 1 aromatic carbocycles. The number of hydrogen-bond donors (Lipinski definition) is 1. The first-order chi connectivity index (χ1) is 8.83. The number of likely N-dealkylation sites (tertiary alicyclic amines) is 1. The molecule has 1 N–H and O–H groups in total. The molecule has 1 aromatic rings. The van der Waals surface area contributed by atoms with E-state index in [2.05, 4.69) is 48.5 Å². The Morgan fingerprint density at radius 1 is 1.17 bits per heavy atom. The molecule has 2 rings (SSSR count). The molecule has 0 saturated carbocycles. The average Bonchev–Trinajstić information content (AvgIpc) is 2.42. The molecule has 1 aliphatic rings. The van der Waals surface area contributed by atoms with Gasteiger partial charge < -0.3 is 5.32 Å². The Morgan fingerprint density at radius 3 is 2.44 bits per heavy atom. The van der Waals surface area contributed by atoms with Crippen molar-refractivity contribution >= 4 is 0 Å². The van der Waals surface area contributed by atoms with Crippen molar-refractivity contribution in [1.29, 1.82) is 0 Å². The lowest BCUT2D eigenvalue weighted by Crippen LogP contribution is -2.36. The zero-order valence-electron chi connectivity index (χ0n) is 11.8. The minimum Gasteiger partial charge on any atom is -0.319 e. The average molecular weight is 246 g/mol. The predicted octanol–water partition coefficient (Wildman–Crippen LogP) is 2.68. The summed E-state index contributed by atoms with van der Waals surface area (Å²) in [5, 5.41) is 3.30. The number of aryl methyl sites for hydroxylation is 1. The van der Waals surface area contributed by atoms with Crippen LogP contribution in [0.4, 0.5) is 0 Å². The smallest absolute Gasteiger partial charge is 0.0236 e. The Bertz CT molecular complexity index is 354. The van der Waals surface area contributed by atoms with Crippen molar-refractivity contribution in [3.63, 3.8) is 0 Å². The SMILES string of the molecule is CCc1ccccc1CN1CCC(CNC)CC1. The Morgan fingerprint density at radius 2 is 1.83 bits per heavy atom. The summed E-state index contributed by atoms with van der Waals surface area (Å²) < 4.78 is 0. The normalized spacial score (nSPS) is 18.1. The van der Waals surface area contributed by atoms with E-state index < -0.39 is 0 Å². The maximum absolute atomic E-state index is 3.30. The van der Waals surface area contributed by atoms with Crippen LogP contribution >= 0.6 is 0 Å². The van der Waals surface area contributed by atoms with E-state index in [9.17, 15) is 0 Å². The first-order valence-electron chi connectivity index (χ1n) is 7.27. The van der Waals surface area contributed by atoms with E-state index in [0.717, 1.165) is 18.9 Å². The molecule has 0 radical (unpaired) electrons. The van der Waals surface area contributed by atoms with Gasteiger partial charge in [0.25, 0.3) is 0 Å². The second kappa shape index (κ2) is 6.91. The van der Waals surface area contributed by atoms with E-state index in [1.54, 1.807) is 0 Å². The van der Waals surface area contributed by atoms with Crippen LogP contribution in [0.5, 0.6) is 0 Å². The summed E-state index contributed by atoms with van der Waals surface area (Å²) in [7, 11) is 2.06. The standard InChI is InChI=1S/C16H26N2/c1-3-15-6-4-5-7-16(15)13-18-10-8-14(9-11-18)12-17-2/h4-7,14,17H,3,8-13H2,1-2H3. The third kappa shape index (κ3) is 3.56. The molecule has 18 heavy (non-hydrogen) atoms. The van der Waals surface area contributed by atoms with Gasteiger partial charge in [0.05, 0.1) is 0 Å². The van der Waals surface area contributed by atoms with Crippen LogP contribution in [0.3, 0.4) is 0 Å². The number of nitrogens with one attached hydrogen (secondary N) is 1. The first kappa shape index (κ1) is 13.6. The Balaban J connectivity index is 1.87. The van der Waals surface area contributed by atoms with Crippen LogP contribution in [0.2, 0.25) is 0 Å². The first-order valence-corrected chi connectivity index (χ1v) is 7.27. The van der Waals surface area contributed by atoms with E-state index in [1.165, 1.54) is 43.6 Å². The lowest BCUT2D eigenvalue weighted by atomic mass is 9.96. The van der Waals surface area contributed by atoms with Gasteiger partial charge in [-0.25, -0.2) is 0 Å². The van der Waals surface area contributed by atoms with Crippen molar-refractivity contribution in [3.05, 3.63) is 35.4 Å². The molecule has 1 heterocycles. The van der Waals surface area contributed by atoms with E-state index in [1.807, 2.05) is 0 Å². The fourth-order valence-electron chi connectivity index (χ4n) is 2.93. The molecular formula is C16H26N2. The summed E-state index contributed by atoms with van der Waals surface area (Å²) >= 11 is 0. The fourth-order valence-corrected chi connectivity index (χ4v) is 2.93. The number of rotatable bonds is 5. The summed E-state index contributed by atoms with van der Waals surface area (Å²) in [6, 6.07) is 8.88. The predicted molar refractivity (Wildman–Crippen MR) is 77.7 cm³/mol. The van der Waals surface area contributed by atoms with Crippen LogP contribution in [0.15, 0.2) is 24.3 Å². The van der Waals surface area contributed by atoms with Gasteiger partial charge in [-0.3, -0.25) is 4.90 Å². The van der Waals surface area contributed by atoms with Gasteiger partial charge in [0.15, 0.2) is 0 Å². The molecule has 0 unspecified atom stereocenters. The lowest BCUT2D eigenvalue weighted by Gasteiger charge is -2.32. The van der Waals surface area contributed by atoms with Gasteiger partial charge in [0, 0.05) is 6.54 Å². The van der Waals surface area contributed by atoms with Crippen molar-refractivity contribution in [3.8, 4) is 0 Å². The number of benzene rings is 1. The van der Waals surface area contributed by atoms with E-state index in [0.29, 0.717) is 0 Å². The summed E-state index contributed by atoms with van der Waals surface area (Å²) in [5.74, 6) is 0.882. The van der Waals surface area contributed by atoms with Gasteiger partial charge in [0.1, 0.15) is 0 Å². The van der Waals surface area contributed by atoms with Gasteiger partial charge in [0.2, 0.25) is 0 Å². The molecule has 100 valence electrons. The molecular weight excluding hydrogens is 220 g/mol. The highest BCUT2D eigenvalue weighted by molar-refractivity contribution is 5.26. The monoisotopic (exact) mass is 246 g/mol. The largest absolute Gasteiger partial charge is 0.319 e. The molecule has 0 aromatic heterocycles. The second-order valence-electron chi connectivity index (χ2n) is 5.40. The highest BCUT2D eigenvalue weighted by Crippen LogP contribution is 2.20. The fraction of sp³-hybridized carbons (Fsp3) is 0.625. The van der Waals surface area contributed by atoms with Crippen LogP contribution in [0.25, 0.3) is 0 Å². The van der Waals surface area contributed by atoms with Crippen molar-refractivity contribution < 1.29 is 0 Å². The molecule has 0 bridgehead atoms. The van der Waals surface area contributed by atoms with Crippen LogP contribution in [0, 0.1) is 5.92 Å². The zero-order valence-corrected chi connectivity index (χ0v) is 11.8. The van der Waals surface area contributed by atoms with Gasteiger partial charge in [-0.2, -0.15) is 0 Å². The summed E-state index contributed by atoms with van der Waals surface area (Å²) in [4.78, 5) is 2.61. The van der Waals surface area contributed by atoms with Crippen LogP contribution in [-0.4, -0.2) is 31.6 Å². The summed E-state index contributed by atoms with van der Waals surface area (Å²) in [6.07, 6.45) is 3.83. The molecule has 1 aliphatic heterocycles. The van der Waals surface area contributed by atoms with E-state index in [4.69, 9.17) is 0 Å². The number of hydrogen-bond acceptors (Lipinski definition) is 2. The minimum atomic E-state index is 0.882. The third-order valence-corrected chi connectivity index (χ3v) is 4.09. The molecule has 1 saturated heterocycles. The van der Waals surface area contributed by atoms with Crippen molar-refractivity contribution in [1.82, 2.24) is 10.2 Å². The molecule has 0 atom stereocenters. The molecule has 0 spiro atoms. The Labute approximate surface area is 111 Å². The minimum absolute atomic E-state index is 0.882. The third-order valence-electron chi connectivity index (χ3n) is 4.09. The highest BCUT2D eigenvalue weighted by Gasteiger charge is 2.18.